The molecule has 0 radical (unpaired) electrons. The van der Waals surface area contributed by atoms with Crippen LogP contribution in [0.1, 0.15) is 50.8 Å². The maximum Gasteiger partial charge on any atom is 0.114 e. The Bertz CT molecular complexity index is 380. The molecule has 0 saturated heterocycles. The Balaban J connectivity index is 2.28. The van der Waals surface area contributed by atoms with Gasteiger partial charge in [0.25, 0.3) is 0 Å². The van der Waals surface area contributed by atoms with Crippen LogP contribution in [0.2, 0.25) is 0 Å². The lowest BCUT2D eigenvalue weighted by molar-refractivity contribution is -0.00997. The number of aryl methyl sites for hydroxylation is 1. The van der Waals surface area contributed by atoms with E-state index >= 15 is 0 Å². The first-order valence-corrected chi connectivity index (χ1v) is 6.99. The lowest BCUT2D eigenvalue weighted by Crippen LogP contribution is -2.47. The Labute approximate surface area is 110 Å². The van der Waals surface area contributed by atoms with Crippen molar-refractivity contribution in [1.29, 1.82) is 0 Å². The average molecular weight is 251 g/mol. The lowest BCUT2D eigenvalue weighted by Gasteiger charge is -2.40. The van der Waals surface area contributed by atoms with Gasteiger partial charge < -0.3 is 10.0 Å². The number of aromatic nitrogens is 2. The smallest absolute Gasteiger partial charge is 0.114 e. The van der Waals surface area contributed by atoms with Crippen molar-refractivity contribution in [3.8, 4) is 0 Å². The van der Waals surface area contributed by atoms with E-state index in [9.17, 15) is 5.11 Å². The van der Waals surface area contributed by atoms with Gasteiger partial charge in [-0.3, -0.25) is 4.68 Å². The first-order chi connectivity index (χ1) is 8.62. The standard InChI is InChI=1S/C14H25N3O/c1-4-11-17-12(7-10-15-17)13(18)14(16(2)3)8-5-6-9-14/h7,10,13,18H,4-6,8-9,11H2,1-3H3. The fourth-order valence-corrected chi connectivity index (χ4v) is 3.20. The topological polar surface area (TPSA) is 41.3 Å². The average Bonchev–Trinajstić information content (AvgIpc) is 2.97. The molecule has 4 nitrogen and oxygen atoms in total. The summed E-state index contributed by atoms with van der Waals surface area (Å²) in [6.45, 7) is 3.01. The predicted octanol–water partition coefficient (Wildman–Crippen LogP) is 2.20. The first-order valence-electron chi connectivity index (χ1n) is 6.99. The SMILES string of the molecule is CCCn1nccc1C(O)C1(N(C)C)CCCC1. The third-order valence-electron chi connectivity index (χ3n) is 4.33. The first kappa shape index (κ1) is 13.6. The summed E-state index contributed by atoms with van der Waals surface area (Å²) < 4.78 is 1.95. The minimum absolute atomic E-state index is 0.106. The summed E-state index contributed by atoms with van der Waals surface area (Å²) in [5.74, 6) is 0. The fourth-order valence-electron chi connectivity index (χ4n) is 3.20. The lowest BCUT2D eigenvalue weighted by atomic mass is 9.87. The third-order valence-corrected chi connectivity index (χ3v) is 4.33. The maximum atomic E-state index is 10.8. The van der Waals surface area contributed by atoms with Gasteiger partial charge in [-0.25, -0.2) is 0 Å². The Morgan fingerprint density at radius 2 is 2.11 bits per heavy atom. The molecular formula is C14H25N3O. The molecule has 0 aromatic carbocycles. The zero-order valence-corrected chi connectivity index (χ0v) is 11.8. The van der Waals surface area contributed by atoms with Crippen molar-refractivity contribution in [2.75, 3.05) is 14.1 Å². The zero-order chi connectivity index (χ0) is 13.2. The minimum atomic E-state index is -0.441. The van der Waals surface area contributed by atoms with E-state index in [0.717, 1.165) is 31.5 Å². The van der Waals surface area contributed by atoms with Crippen LogP contribution in [0.4, 0.5) is 0 Å². The number of likely N-dealkylation sites (N-methyl/N-ethyl adjacent to an activating group) is 1. The quantitative estimate of drug-likeness (QED) is 0.872. The molecule has 1 fully saturated rings. The van der Waals surface area contributed by atoms with E-state index in [1.54, 1.807) is 6.20 Å². The highest BCUT2D eigenvalue weighted by atomic mass is 16.3. The fraction of sp³-hybridized carbons (Fsp3) is 0.786. The summed E-state index contributed by atoms with van der Waals surface area (Å²) in [6.07, 6.45) is 6.94. The molecule has 1 N–H and O–H groups in total. The predicted molar refractivity (Wildman–Crippen MR) is 72.4 cm³/mol. The van der Waals surface area contributed by atoms with Crippen molar-refractivity contribution in [3.63, 3.8) is 0 Å². The van der Waals surface area contributed by atoms with Gasteiger partial charge in [0.1, 0.15) is 6.10 Å². The third kappa shape index (κ3) is 2.19. The Morgan fingerprint density at radius 3 is 2.67 bits per heavy atom. The second-order valence-corrected chi connectivity index (χ2v) is 5.59. The van der Waals surface area contributed by atoms with E-state index in [4.69, 9.17) is 0 Å². The largest absolute Gasteiger partial charge is 0.385 e. The van der Waals surface area contributed by atoms with Crippen LogP contribution in [0, 0.1) is 0 Å². The number of rotatable bonds is 5. The van der Waals surface area contributed by atoms with Crippen LogP contribution in [0.5, 0.6) is 0 Å². The van der Waals surface area contributed by atoms with Crippen LogP contribution in [-0.4, -0.2) is 39.4 Å². The Morgan fingerprint density at radius 1 is 1.44 bits per heavy atom. The van der Waals surface area contributed by atoms with Crippen molar-refractivity contribution in [2.45, 2.75) is 57.2 Å². The van der Waals surface area contributed by atoms with Gasteiger partial charge >= 0.3 is 0 Å². The molecule has 1 heterocycles. The second kappa shape index (κ2) is 5.41. The molecule has 1 aliphatic rings. The zero-order valence-electron chi connectivity index (χ0n) is 11.8. The molecule has 1 saturated carbocycles. The van der Waals surface area contributed by atoms with E-state index < -0.39 is 6.10 Å². The Hall–Kier alpha value is -0.870. The summed E-state index contributed by atoms with van der Waals surface area (Å²) in [5, 5.41) is 15.2. The molecule has 18 heavy (non-hydrogen) atoms. The molecule has 1 aromatic rings. The molecule has 4 heteroatoms. The van der Waals surface area contributed by atoms with Gasteiger partial charge in [0.2, 0.25) is 0 Å². The summed E-state index contributed by atoms with van der Waals surface area (Å²) in [7, 11) is 4.16. The van der Waals surface area contributed by atoms with Gasteiger partial charge in [-0.05, 0) is 39.4 Å². The Kier molecular flexibility index (Phi) is 4.07. The van der Waals surface area contributed by atoms with Crippen molar-refractivity contribution in [1.82, 2.24) is 14.7 Å². The van der Waals surface area contributed by atoms with E-state index in [1.165, 1.54) is 12.8 Å². The van der Waals surface area contributed by atoms with Gasteiger partial charge in [-0.1, -0.05) is 19.8 Å². The minimum Gasteiger partial charge on any atom is -0.385 e. The van der Waals surface area contributed by atoms with E-state index in [0.29, 0.717) is 0 Å². The maximum absolute atomic E-state index is 10.8. The molecule has 1 aliphatic carbocycles. The summed E-state index contributed by atoms with van der Waals surface area (Å²) in [6, 6.07) is 1.96. The molecule has 0 spiro atoms. The van der Waals surface area contributed by atoms with E-state index in [2.05, 4.69) is 31.0 Å². The van der Waals surface area contributed by atoms with Gasteiger partial charge in [0, 0.05) is 12.7 Å². The van der Waals surface area contributed by atoms with Crippen molar-refractivity contribution < 1.29 is 5.11 Å². The van der Waals surface area contributed by atoms with Gasteiger partial charge in [-0.2, -0.15) is 5.10 Å². The van der Waals surface area contributed by atoms with Crippen LogP contribution >= 0.6 is 0 Å². The molecule has 2 rings (SSSR count). The molecule has 1 aromatic heterocycles. The highest BCUT2D eigenvalue weighted by molar-refractivity contribution is 5.14. The summed E-state index contributed by atoms with van der Waals surface area (Å²) >= 11 is 0. The van der Waals surface area contributed by atoms with Crippen LogP contribution in [0.25, 0.3) is 0 Å². The molecule has 0 bridgehead atoms. The molecule has 0 amide bonds. The van der Waals surface area contributed by atoms with Gasteiger partial charge in [0.05, 0.1) is 11.2 Å². The molecule has 0 aliphatic heterocycles. The van der Waals surface area contributed by atoms with Crippen LogP contribution in [0.15, 0.2) is 12.3 Å². The number of aliphatic hydroxyl groups excluding tert-OH is 1. The van der Waals surface area contributed by atoms with Crippen LogP contribution in [-0.2, 0) is 6.54 Å². The normalized spacial score (nSPS) is 20.5. The van der Waals surface area contributed by atoms with Crippen molar-refractivity contribution in [3.05, 3.63) is 18.0 Å². The summed E-state index contributed by atoms with van der Waals surface area (Å²) in [5.41, 5.74) is 0.860. The number of hydrogen-bond donors (Lipinski definition) is 1. The number of nitrogens with zero attached hydrogens (tertiary/aromatic N) is 3. The summed E-state index contributed by atoms with van der Waals surface area (Å²) in [4.78, 5) is 2.20. The van der Waals surface area contributed by atoms with Gasteiger partial charge in [-0.15, -0.1) is 0 Å². The van der Waals surface area contributed by atoms with Gasteiger partial charge in [0.15, 0.2) is 0 Å². The van der Waals surface area contributed by atoms with Crippen LogP contribution < -0.4 is 0 Å². The van der Waals surface area contributed by atoms with Crippen molar-refractivity contribution in [2.24, 2.45) is 0 Å². The highest BCUT2D eigenvalue weighted by Gasteiger charge is 2.44. The van der Waals surface area contributed by atoms with E-state index in [1.807, 2.05) is 10.7 Å². The molecule has 102 valence electrons. The molecule has 1 atom stereocenters. The van der Waals surface area contributed by atoms with Crippen molar-refractivity contribution >= 4 is 0 Å². The van der Waals surface area contributed by atoms with E-state index in [-0.39, 0.29) is 5.54 Å². The highest BCUT2D eigenvalue weighted by Crippen LogP contribution is 2.43. The number of hydrogen-bond acceptors (Lipinski definition) is 3. The molecule has 1 unspecified atom stereocenters. The number of aliphatic hydroxyl groups is 1. The monoisotopic (exact) mass is 251 g/mol. The second-order valence-electron chi connectivity index (χ2n) is 5.59. The molecular weight excluding hydrogens is 226 g/mol. The van der Waals surface area contributed by atoms with Crippen LogP contribution in [0.3, 0.4) is 0 Å².